The predicted octanol–water partition coefficient (Wildman–Crippen LogP) is 12.2. The molecule has 8 atom stereocenters. The number of halogens is 1. The van der Waals surface area contributed by atoms with Crippen LogP contribution in [0, 0.1) is 38.4 Å². The Kier molecular flexibility index (Phi) is 7.11. The van der Waals surface area contributed by atoms with Gasteiger partial charge in [0, 0.05) is 4.32 Å². The zero-order valence-electron chi connectivity index (χ0n) is 25.4. The highest BCUT2D eigenvalue weighted by molar-refractivity contribution is 9.10. The van der Waals surface area contributed by atoms with Crippen molar-refractivity contribution in [1.82, 2.24) is 0 Å². The van der Waals surface area contributed by atoms with Crippen molar-refractivity contribution in [2.45, 2.75) is 186 Å². The molecule has 8 fully saturated rings. The van der Waals surface area contributed by atoms with Crippen molar-refractivity contribution in [3.05, 3.63) is 0 Å². The number of hydrogen-bond donors (Lipinski definition) is 0. The fraction of sp³-hybridized carbons (Fsp3) is 1.00. The van der Waals surface area contributed by atoms with Gasteiger partial charge >= 0.3 is 0 Å². The minimum Gasteiger partial charge on any atom is -0.0853 e. The minimum absolute atomic E-state index is 0.458. The van der Waals surface area contributed by atoms with E-state index >= 15 is 0 Å². The third kappa shape index (κ3) is 4.47. The first-order valence-corrected chi connectivity index (χ1v) is 18.1. The molecule has 0 saturated heterocycles. The van der Waals surface area contributed by atoms with Crippen LogP contribution in [-0.4, -0.2) is 4.32 Å². The molecule has 0 heterocycles. The molecule has 0 radical (unpaired) electrons. The first-order valence-electron chi connectivity index (χ1n) is 17.3. The van der Waals surface area contributed by atoms with E-state index in [0.717, 1.165) is 5.92 Å². The van der Waals surface area contributed by atoms with E-state index in [4.69, 9.17) is 0 Å². The number of alkyl halides is 1. The summed E-state index contributed by atoms with van der Waals surface area (Å²) in [6.07, 6.45) is 36.9. The molecular formula is C36H61Br. The third-order valence-corrected chi connectivity index (χ3v) is 14.7. The number of unbranched alkanes of at least 4 members (excludes halogenated alkanes) is 4. The second-order valence-corrected chi connectivity index (χ2v) is 18.9. The first kappa shape index (κ1) is 27.6. The highest BCUT2D eigenvalue weighted by Gasteiger charge is 2.75. The van der Waals surface area contributed by atoms with Crippen LogP contribution in [0.2, 0.25) is 0 Å². The van der Waals surface area contributed by atoms with Gasteiger partial charge in [0.25, 0.3) is 0 Å². The summed E-state index contributed by atoms with van der Waals surface area (Å²) in [5.41, 5.74) is 4.03. The molecule has 8 aliphatic carbocycles. The van der Waals surface area contributed by atoms with E-state index < -0.39 is 0 Å². The van der Waals surface area contributed by atoms with Crippen molar-refractivity contribution in [1.29, 1.82) is 0 Å². The van der Waals surface area contributed by atoms with Crippen LogP contribution in [0.3, 0.4) is 0 Å². The van der Waals surface area contributed by atoms with Crippen molar-refractivity contribution in [2.24, 2.45) is 38.4 Å². The Bertz CT molecular complexity index is 792. The smallest absolute Gasteiger partial charge is 0.0274 e. The molecule has 212 valence electrons. The largest absolute Gasteiger partial charge is 0.0853 e. The molecule has 0 aromatic rings. The molecule has 0 aliphatic heterocycles. The van der Waals surface area contributed by atoms with Crippen LogP contribution in [0.1, 0.15) is 182 Å². The van der Waals surface area contributed by atoms with Crippen LogP contribution < -0.4 is 0 Å². The average molecular weight is 574 g/mol. The molecule has 4 unspecified atom stereocenters. The van der Waals surface area contributed by atoms with Gasteiger partial charge in [0.05, 0.1) is 0 Å². The van der Waals surface area contributed by atoms with Gasteiger partial charge in [0.2, 0.25) is 0 Å². The van der Waals surface area contributed by atoms with Crippen molar-refractivity contribution < 1.29 is 0 Å². The monoisotopic (exact) mass is 572 g/mol. The quantitative estimate of drug-likeness (QED) is 0.192. The summed E-state index contributed by atoms with van der Waals surface area (Å²) in [6.45, 7) is 9.79. The van der Waals surface area contributed by atoms with Gasteiger partial charge in [-0.25, -0.2) is 0 Å². The first-order chi connectivity index (χ1) is 17.6. The van der Waals surface area contributed by atoms with Crippen molar-refractivity contribution in [2.75, 3.05) is 0 Å². The molecule has 8 rings (SSSR count). The lowest BCUT2D eigenvalue weighted by atomic mass is 9.27. The lowest BCUT2D eigenvalue weighted by molar-refractivity contribution is -0.272. The fourth-order valence-electron chi connectivity index (χ4n) is 14.2. The van der Waals surface area contributed by atoms with Gasteiger partial charge in [0.15, 0.2) is 0 Å². The summed E-state index contributed by atoms with van der Waals surface area (Å²) in [5, 5.41) is 0. The molecule has 0 nitrogen and oxygen atoms in total. The Morgan fingerprint density at radius 1 is 0.459 bits per heavy atom. The van der Waals surface area contributed by atoms with Crippen LogP contribution in [0.25, 0.3) is 0 Å². The third-order valence-electron chi connectivity index (χ3n) is 13.9. The molecule has 1 heteroatoms. The van der Waals surface area contributed by atoms with Gasteiger partial charge in [0.1, 0.15) is 0 Å². The summed E-state index contributed by atoms with van der Waals surface area (Å²) >= 11 is 4.64. The summed E-state index contributed by atoms with van der Waals surface area (Å²) in [7, 11) is 0. The highest BCUT2D eigenvalue weighted by atomic mass is 79.9. The van der Waals surface area contributed by atoms with Gasteiger partial charge in [-0.2, -0.15) is 0 Å². The Hall–Kier alpha value is 0.480. The second-order valence-electron chi connectivity index (χ2n) is 17.2. The zero-order chi connectivity index (χ0) is 26.0. The van der Waals surface area contributed by atoms with E-state index in [9.17, 15) is 0 Å². The molecule has 8 aliphatic rings. The molecule has 0 aromatic heterocycles. The van der Waals surface area contributed by atoms with E-state index in [1.165, 1.54) is 77.0 Å². The van der Waals surface area contributed by atoms with Gasteiger partial charge in [-0.3, -0.25) is 0 Å². The second kappa shape index (κ2) is 9.51. The molecule has 8 saturated carbocycles. The van der Waals surface area contributed by atoms with Crippen molar-refractivity contribution in [3.63, 3.8) is 0 Å². The van der Waals surface area contributed by atoms with Crippen LogP contribution in [0.15, 0.2) is 0 Å². The Balaban J connectivity index is 1.43. The maximum Gasteiger partial charge on any atom is 0.0274 e. The molecule has 0 spiro atoms. The van der Waals surface area contributed by atoms with Gasteiger partial charge in [-0.05, 0) is 141 Å². The molecule has 0 amide bonds. The summed E-state index contributed by atoms with van der Waals surface area (Å²) < 4.78 is 0.458. The molecule has 8 bridgehead atoms. The lowest BCUT2D eigenvalue weighted by Crippen LogP contribution is -2.70. The summed E-state index contributed by atoms with van der Waals surface area (Å²) in [5.74, 6) is 1.06. The fourth-order valence-corrected chi connectivity index (χ4v) is 16.0. The molecule has 0 aromatic carbocycles. The van der Waals surface area contributed by atoms with E-state index in [1.54, 1.807) is 77.0 Å². The standard InChI is InChI=1S/C36H61Br/c1-5-9-13-30-17-29-18-31(20-30,14-10-6-2)23-34(19-29,22-30)35-24-32(15-11-7-3)21-33(25-35,16-12-8-4)27-36(37,26-32)28-35/h29H,5-28H2,1-4H3/t29?,30-,31+,32-,33+,34?,35?,36?. The van der Waals surface area contributed by atoms with Crippen molar-refractivity contribution in [3.8, 4) is 0 Å². The maximum atomic E-state index is 4.64. The van der Waals surface area contributed by atoms with E-state index in [-0.39, 0.29) is 0 Å². The van der Waals surface area contributed by atoms with E-state index in [2.05, 4.69) is 43.6 Å². The number of rotatable bonds is 13. The van der Waals surface area contributed by atoms with Crippen LogP contribution in [0.5, 0.6) is 0 Å². The summed E-state index contributed by atoms with van der Waals surface area (Å²) in [6, 6.07) is 0. The average Bonchev–Trinajstić information content (AvgIpc) is 2.82. The Morgan fingerprint density at radius 3 is 1.32 bits per heavy atom. The zero-order valence-corrected chi connectivity index (χ0v) is 27.0. The number of hydrogen-bond acceptors (Lipinski definition) is 0. The SMILES string of the molecule is CCCC[C@]12CC3CC(C45CC6(Br)C[C@@](CCCC)(C4)C[C@](CCCC)(C6)C5)(C1)C[C@@](CCCC)(C3)C2. The van der Waals surface area contributed by atoms with Crippen molar-refractivity contribution >= 4 is 15.9 Å². The van der Waals surface area contributed by atoms with E-state index in [1.807, 2.05) is 0 Å². The van der Waals surface area contributed by atoms with Crippen LogP contribution in [0.4, 0.5) is 0 Å². The maximum absolute atomic E-state index is 4.64. The topological polar surface area (TPSA) is 0 Å². The normalized spacial score (nSPS) is 51.3. The molecule has 0 N–H and O–H groups in total. The Morgan fingerprint density at radius 2 is 0.865 bits per heavy atom. The van der Waals surface area contributed by atoms with Gasteiger partial charge in [-0.15, -0.1) is 0 Å². The van der Waals surface area contributed by atoms with Crippen LogP contribution >= 0.6 is 15.9 Å². The molecular weight excluding hydrogens is 512 g/mol. The minimum atomic E-state index is 0.458. The molecule has 37 heavy (non-hydrogen) atoms. The van der Waals surface area contributed by atoms with E-state index in [0.29, 0.717) is 36.8 Å². The van der Waals surface area contributed by atoms with Crippen LogP contribution in [-0.2, 0) is 0 Å². The Labute approximate surface area is 239 Å². The highest BCUT2D eigenvalue weighted by Crippen LogP contribution is 2.85. The predicted molar refractivity (Wildman–Crippen MR) is 163 cm³/mol. The summed E-state index contributed by atoms with van der Waals surface area (Å²) in [4.78, 5) is 0. The van der Waals surface area contributed by atoms with Gasteiger partial charge < -0.3 is 0 Å². The lowest BCUT2D eigenvalue weighted by Gasteiger charge is -2.79. The van der Waals surface area contributed by atoms with Gasteiger partial charge in [-0.1, -0.05) is 95.0 Å².